The molecule has 7 heteroatoms. The molecule has 0 spiro atoms. The van der Waals surface area contributed by atoms with E-state index in [2.05, 4.69) is 0 Å². The van der Waals surface area contributed by atoms with Crippen molar-refractivity contribution >= 4 is 33.2 Å². The molecule has 0 bridgehead atoms. The zero-order valence-corrected chi connectivity index (χ0v) is 18.6. The molecule has 0 N–H and O–H groups in total. The first-order chi connectivity index (χ1) is 14.2. The predicted molar refractivity (Wildman–Crippen MR) is 120 cm³/mol. The lowest BCUT2D eigenvalue weighted by molar-refractivity contribution is 0.0785. The first kappa shape index (κ1) is 21.9. The summed E-state index contributed by atoms with van der Waals surface area (Å²) in [5.41, 5.74) is 2.68. The van der Waals surface area contributed by atoms with E-state index in [9.17, 15) is 13.2 Å². The van der Waals surface area contributed by atoms with Gasteiger partial charge in [0.05, 0.1) is 21.2 Å². The fraction of sp³-hybridized carbons (Fsp3) is 0.174. The third-order valence-corrected chi connectivity index (χ3v) is 6.95. The van der Waals surface area contributed by atoms with E-state index in [1.165, 1.54) is 13.1 Å². The fourth-order valence-corrected chi connectivity index (χ4v) is 4.46. The maximum absolute atomic E-state index is 12.9. The lowest BCUT2D eigenvalue weighted by atomic mass is 10.1. The molecule has 156 valence electrons. The van der Waals surface area contributed by atoms with E-state index >= 15 is 0 Å². The summed E-state index contributed by atoms with van der Waals surface area (Å²) >= 11 is 6.36. The molecule has 0 unspecified atom stereocenters. The molecule has 0 aliphatic heterocycles. The second kappa shape index (κ2) is 8.90. The third kappa shape index (κ3) is 4.66. The monoisotopic (exact) mass is 442 g/mol. The highest BCUT2D eigenvalue weighted by Crippen LogP contribution is 2.28. The van der Waals surface area contributed by atoms with Crippen molar-refractivity contribution in [3.05, 3.63) is 94.5 Å². The molecule has 0 aromatic heterocycles. The Morgan fingerprint density at radius 2 is 1.57 bits per heavy atom. The number of hydrogen-bond donors (Lipinski definition) is 0. The van der Waals surface area contributed by atoms with Crippen LogP contribution in [-0.4, -0.2) is 33.3 Å². The van der Waals surface area contributed by atoms with E-state index in [-0.39, 0.29) is 15.8 Å². The smallest absolute Gasteiger partial charge is 0.264 e. The summed E-state index contributed by atoms with van der Waals surface area (Å²) in [6, 6.07) is 20.9. The first-order valence-corrected chi connectivity index (χ1v) is 11.2. The maximum atomic E-state index is 12.9. The van der Waals surface area contributed by atoms with Gasteiger partial charge >= 0.3 is 0 Å². The van der Waals surface area contributed by atoms with Gasteiger partial charge in [0.25, 0.3) is 15.9 Å². The minimum Gasteiger partial charge on any atom is -0.337 e. The average molecular weight is 443 g/mol. The predicted octanol–water partition coefficient (Wildman–Crippen LogP) is 4.75. The average Bonchev–Trinajstić information content (AvgIpc) is 2.73. The van der Waals surface area contributed by atoms with Crippen LogP contribution in [-0.2, 0) is 16.6 Å². The minimum atomic E-state index is -3.74. The van der Waals surface area contributed by atoms with E-state index in [1.807, 2.05) is 37.3 Å². The SMILES string of the molecule is Cc1ccc(S(=O)(=O)N(C)c2ccc(C(=O)N(C)Cc3ccccc3)c(Cl)c2)cc1. The molecule has 5 nitrogen and oxygen atoms in total. The number of benzene rings is 3. The quantitative estimate of drug-likeness (QED) is 0.553. The van der Waals surface area contributed by atoms with Crippen molar-refractivity contribution in [2.75, 3.05) is 18.4 Å². The number of carbonyl (C=O) groups is 1. The van der Waals surface area contributed by atoms with Gasteiger partial charge in [-0.05, 0) is 42.8 Å². The van der Waals surface area contributed by atoms with Gasteiger partial charge in [-0.15, -0.1) is 0 Å². The largest absolute Gasteiger partial charge is 0.337 e. The van der Waals surface area contributed by atoms with Crippen LogP contribution in [0.5, 0.6) is 0 Å². The van der Waals surface area contributed by atoms with Gasteiger partial charge in [0, 0.05) is 20.6 Å². The fourth-order valence-electron chi connectivity index (χ4n) is 3.02. The Hall–Kier alpha value is -2.83. The Labute approximate surface area is 182 Å². The highest BCUT2D eigenvalue weighted by Gasteiger charge is 2.23. The van der Waals surface area contributed by atoms with Crippen molar-refractivity contribution in [2.24, 2.45) is 0 Å². The third-order valence-electron chi connectivity index (χ3n) is 4.84. The number of hydrogen-bond acceptors (Lipinski definition) is 3. The minimum absolute atomic E-state index is 0.189. The van der Waals surface area contributed by atoms with E-state index in [0.717, 1.165) is 15.4 Å². The summed E-state index contributed by atoms with van der Waals surface area (Å²) in [6.45, 7) is 2.34. The van der Waals surface area contributed by atoms with Crippen LogP contribution in [0.4, 0.5) is 5.69 Å². The number of aryl methyl sites for hydroxylation is 1. The Bertz CT molecular complexity index is 1150. The molecule has 3 rings (SSSR count). The molecule has 0 atom stereocenters. The Kier molecular flexibility index (Phi) is 6.48. The molecule has 3 aromatic carbocycles. The van der Waals surface area contributed by atoms with Crippen molar-refractivity contribution in [3.8, 4) is 0 Å². The molecule has 0 aliphatic rings. The van der Waals surface area contributed by atoms with E-state index in [4.69, 9.17) is 11.6 Å². The standard InChI is InChI=1S/C23H23ClN2O3S/c1-17-9-12-20(13-10-17)30(28,29)26(3)19-11-14-21(22(24)15-19)23(27)25(2)16-18-7-5-4-6-8-18/h4-15H,16H2,1-3H3. The highest BCUT2D eigenvalue weighted by atomic mass is 35.5. The number of sulfonamides is 1. The molecule has 3 aromatic rings. The van der Waals surface area contributed by atoms with Gasteiger partial charge in [0.15, 0.2) is 0 Å². The van der Waals surface area contributed by atoms with Crippen LogP contribution in [0.15, 0.2) is 77.7 Å². The van der Waals surface area contributed by atoms with Crippen LogP contribution in [0.3, 0.4) is 0 Å². The van der Waals surface area contributed by atoms with Crippen LogP contribution in [0, 0.1) is 6.92 Å². The van der Waals surface area contributed by atoms with Gasteiger partial charge in [-0.1, -0.05) is 59.6 Å². The zero-order chi connectivity index (χ0) is 21.9. The molecule has 0 aliphatic carbocycles. The zero-order valence-electron chi connectivity index (χ0n) is 17.0. The van der Waals surface area contributed by atoms with Crippen molar-refractivity contribution in [1.29, 1.82) is 0 Å². The second-order valence-electron chi connectivity index (χ2n) is 7.10. The van der Waals surface area contributed by atoms with Crippen molar-refractivity contribution in [1.82, 2.24) is 4.90 Å². The molecule has 0 radical (unpaired) electrons. The van der Waals surface area contributed by atoms with Gasteiger partial charge in [0.1, 0.15) is 0 Å². The van der Waals surface area contributed by atoms with Crippen molar-refractivity contribution in [2.45, 2.75) is 18.4 Å². The summed E-state index contributed by atoms with van der Waals surface area (Å²) in [7, 11) is -0.572. The van der Waals surface area contributed by atoms with Crippen molar-refractivity contribution < 1.29 is 13.2 Å². The summed E-state index contributed by atoms with van der Waals surface area (Å²) in [6.07, 6.45) is 0. The molecule has 30 heavy (non-hydrogen) atoms. The summed E-state index contributed by atoms with van der Waals surface area (Å²) in [4.78, 5) is 14.6. The Morgan fingerprint density at radius 3 is 2.17 bits per heavy atom. The van der Waals surface area contributed by atoms with Gasteiger partial charge in [0.2, 0.25) is 0 Å². The van der Waals surface area contributed by atoms with Crippen molar-refractivity contribution in [3.63, 3.8) is 0 Å². The molecule has 0 saturated heterocycles. The topological polar surface area (TPSA) is 57.7 Å². The lowest BCUT2D eigenvalue weighted by Gasteiger charge is -2.22. The maximum Gasteiger partial charge on any atom is 0.264 e. The molecule has 0 heterocycles. The number of anilines is 1. The van der Waals surface area contributed by atoms with E-state index in [1.54, 1.807) is 48.3 Å². The highest BCUT2D eigenvalue weighted by molar-refractivity contribution is 7.92. The molecule has 0 saturated carbocycles. The molecular weight excluding hydrogens is 420 g/mol. The van der Waals surface area contributed by atoms with E-state index < -0.39 is 10.0 Å². The lowest BCUT2D eigenvalue weighted by Crippen LogP contribution is -2.28. The van der Waals surface area contributed by atoms with Gasteiger partial charge < -0.3 is 4.90 Å². The normalized spacial score (nSPS) is 11.2. The van der Waals surface area contributed by atoms with Crippen LogP contribution in [0.1, 0.15) is 21.5 Å². The number of nitrogens with zero attached hydrogens (tertiary/aromatic N) is 2. The Balaban J connectivity index is 1.82. The summed E-state index contributed by atoms with van der Waals surface area (Å²) in [5.74, 6) is -0.237. The van der Waals surface area contributed by atoms with Gasteiger partial charge in [-0.3, -0.25) is 9.10 Å². The summed E-state index contributed by atoms with van der Waals surface area (Å²) in [5, 5.41) is 0.198. The Morgan fingerprint density at radius 1 is 0.933 bits per heavy atom. The van der Waals surface area contributed by atoms with Crippen LogP contribution >= 0.6 is 11.6 Å². The number of halogens is 1. The van der Waals surface area contributed by atoms with Crippen LogP contribution in [0.25, 0.3) is 0 Å². The number of rotatable bonds is 6. The van der Waals surface area contributed by atoms with Crippen LogP contribution < -0.4 is 4.31 Å². The molecule has 1 amide bonds. The van der Waals surface area contributed by atoms with Crippen LogP contribution in [0.2, 0.25) is 5.02 Å². The first-order valence-electron chi connectivity index (χ1n) is 9.34. The molecular formula is C23H23ClN2O3S. The molecule has 0 fully saturated rings. The number of carbonyl (C=O) groups excluding carboxylic acids is 1. The number of amides is 1. The van der Waals surface area contributed by atoms with E-state index in [0.29, 0.717) is 17.8 Å². The second-order valence-corrected chi connectivity index (χ2v) is 9.47. The van der Waals surface area contributed by atoms with Gasteiger partial charge in [-0.2, -0.15) is 0 Å². The van der Waals surface area contributed by atoms with Gasteiger partial charge in [-0.25, -0.2) is 8.42 Å². The summed E-state index contributed by atoms with van der Waals surface area (Å²) < 4.78 is 26.9.